The molecule has 2 aromatic carbocycles. The number of nitrogens with zero attached hydrogens (tertiary/aromatic N) is 1. The molecule has 0 fully saturated rings. The van der Waals surface area contributed by atoms with Gasteiger partial charge in [-0.2, -0.15) is 5.26 Å². The molecule has 0 spiro atoms. The summed E-state index contributed by atoms with van der Waals surface area (Å²) in [5.41, 5.74) is 0.796. The minimum Gasteiger partial charge on any atom is -0.207 e. The summed E-state index contributed by atoms with van der Waals surface area (Å²) in [6, 6.07) is 8.84. The molecule has 0 unspecified atom stereocenters. The van der Waals surface area contributed by atoms with Crippen LogP contribution in [-0.4, -0.2) is 0 Å². The van der Waals surface area contributed by atoms with Gasteiger partial charge in [0.25, 0.3) is 0 Å². The third kappa shape index (κ3) is 2.51. The van der Waals surface area contributed by atoms with Crippen molar-refractivity contribution in [1.82, 2.24) is 0 Å². The second kappa shape index (κ2) is 4.92. The van der Waals surface area contributed by atoms with E-state index in [2.05, 4.69) is 0 Å². The summed E-state index contributed by atoms with van der Waals surface area (Å²) in [5, 5.41) is 8.57. The molecule has 18 heavy (non-hydrogen) atoms. The predicted octanol–water partition coefficient (Wildman–Crippen LogP) is 3.84. The molecule has 1 nitrogen and oxygen atoms in total. The van der Waals surface area contributed by atoms with E-state index in [1.165, 1.54) is 18.2 Å². The Bertz CT molecular complexity index is 609. The standard InChI is InChI=1S/C14H8F3N/c15-11-6-10(7-12(16)8-11)13-5-9(3-4-18)1-2-14(13)17/h1-2,5-8H,3H2. The first-order chi connectivity index (χ1) is 8.60. The van der Waals surface area contributed by atoms with Crippen LogP contribution >= 0.6 is 0 Å². The first-order valence-electron chi connectivity index (χ1n) is 5.22. The van der Waals surface area contributed by atoms with Crippen LogP contribution in [0.15, 0.2) is 36.4 Å². The molecule has 0 N–H and O–H groups in total. The Morgan fingerprint density at radius 2 is 1.61 bits per heavy atom. The van der Waals surface area contributed by atoms with Crippen LogP contribution in [0.25, 0.3) is 11.1 Å². The van der Waals surface area contributed by atoms with E-state index in [0.29, 0.717) is 5.56 Å². The van der Waals surface area contributed by atoms with Crippen LogP contribution in [0.3, 0.4) is 0 Å². The fourth-order valence-corrected chi connectivity index (χ4v) is 1.70. The molecule has 0 radical (unpaired) electrons. The average Bonchev–Trinajstić information content (AvgIpc) is 2.30. The lowest BCUT2D eigenvalue weighted by molar-refractivity contribution is 0.583. The minimum absolute atomic E-state index is 0.0844. The molecule has 0 aliphatic heterocycles. The lowest BCUT2D eigenvalue weighted by Crippen LogP contribution is -1.91. The number of nitriles is 1. The first-order valence-corrected chi connectivity index (χ1v) is 5.22. The molecule has 4 heteroatoms. The van der Waals surface area contributed by atoms with Crippen LogP contribution in [0, 0.1) is 28.8 Å². The van der Waals surface area contributed by atoms with Crippen molar-refractivity contribution in [2.45, 2.75) is 6.42 Å². The van der Waals surface area contributed by atoms with E-state index in [1.54, 1.807) is 0 Å². The van der Waals surface area contributed by atoms with Gasteiger partial charge in [0.1, 0.15) is 17.5 Å². The molecule has 0 aromatic heterocycles. The fourth-order valence-electron chi connectivity index (χ4n) is 1.70. The van der Waals surface area contributed by atoms with Crippen molar-refractivity contribution >= 4 is 0 Å². The molecule has 0 aliphatic rings. The van der Waals surface area contributed by atoms with Crippen molar-refractivity contribution in [1.29, 1.82) is 5.26 Å². The second-order valence-electron chi connectivity index (χ2n) is 3.81. The van der Waals surface area contributed by atoms with Crippen molar-refractivity contribution in [2.75, 3.05) is 0 Å². The van der Waals surface area contributed by atoms with Crippen molar-refractivity contribution in [3.63, 3.8) is 0 Å². The zero-order chi connectivity index (χ0) is 13.1. The Labute approximate surface area is 102 Å². The topological polar surface area (TPSA) is 23.8 Å². The zero-order valence-corrected chi connectivity index (χ0v) is 9.25. The monoisotopic (exact) mass is 247 g/mol. The molecule has 90 valence electrons. The summed E-state index contributed by atoms with van der Waals surface area (Å²) in [5.74, 6) is -2.12. The van der Waals surface area contributed by atoms with Crippen LogP contribution in [0.5, 0.6) is 0 Å². The van der Waals surface area contributed by atoms with Crippen molar-refractivity contribution < 1.29 is 13.2 Å². The predicted molar refractivity (Wildman–Crippen MR) is 61.1 cm³/mol. The quantitative estimate of drug-likeness (QED) is 0.791. The third-order valence-corrected chi connectivity index (χ3v) is 2.49. The smallest absolute Gasteiger partial charge is 0.131 e. The van der Waals surface area contributed by atoms with E-state index >= 15 is 0 Å². The molecule has 2 aromatic rings. The highest BCUT2D eigenvalue weighted by molar-refractivity contribution is 5.65. The summed E-state index contributed by atoms with van der Waals surface area (Å²) in [6.07, 6.45) is 0.116. The lowest BCUT2D eigenvalue weighted by Gasteiger charge is -2.06. The van der Waals surface area contributed by atoms with Crippen molar-refractivity contribution in [2.24, 2.45) is 0 Å². The van der Waals surface area contributed by atoms with Gasteiger partial charge < -0.3 is 0 Å². The summed E-state index contributed by atoms with van der Waals surface area (Å²) >= 11 is 0. The zero-order valence-electron chi connectivity index (χ0n) is 9.25. The Kier molecular flexibility index (Phi) is 3.33. The number of hydrogen-bond donors (Lipinski definition) is 0. The molecule has 0 saturated carbocycles. The van der Waals surface area contributed by atoms with E-state index in [1.807, 2.05) is 6.07 Å². The number of rotatable bonds is 2. The molecular weight excluding hydrogens is 239 g/mol. The average molecular weight is 247 g/mol. The van der Waals surface area contributed by atoms with Gasteiger partial charge >= 0.3 is 0 Å². The SMILES string of the molecule is N#CCc1ccc(F)c(-c2cc(F)cc(F)c2)c1. The summed E-state index contributed by atoms with van der Waals surface area (Å²) in [6.45, 7) is 0. The first kappa shape index (κ1) is 12.2. The number of benzene rings is 2. The van der Waals surface area contributed by atoms with E-state index in [4.69, 9.17) is 5.26 Å². The highest BCUT2D eigenvalue weighted by Crippen LogP contribution is 2.25. The van der Waals surface area contributed by atoms with Gasteiger partial charge in [0.15, 0.2) is 0 Å². The third-order valence-electron chi connectivity index (χ3n) is 2.49. The van der Waals surface area contributed by atoms with Crippen LogP contribution in [0.2, 0.25) is 0 Å². The lowest BCUT2D eigenvalue weighted by atomic mass is 10.0. The number of hydrogen-bond acceptors (Lipinski definition) is 1. The molecule has 0 aliphatic carbocycles. The highest BCUT2D eigenvalue weighted by Gasteiger charge is 2.09. The van der Waals surface area contributed by atoms with Gasteiger partial charge in [-0.3, -0.25) is 0 Å². The Balaban J connectivity index is 2.55. The molecule has 0 amide bonds. The molecule has 0 atom stereocenters. The summed E-state index contributed by atoms with van der Waals surface area (Å²) in [7, 11) is 0. The van der Waals surface area contributed by atoms with E-state index < -0.39 is 17.5 Å². The van der Waals surface area contributed by atoms with Gasteiger partial charge in [-0.25, -0.2) is 13.2 Å². The minimum atomic E-state index is -0.768. The van der Waals surface area contributed by atoms with Gasteiger partial charge in [-0.1, -0.05) is 6.07 Å². The maximum Gasteiger partial charge on any atom is 0.131 e. The van der Waals surface area contributed by atoms with Gasteiger partial charge in [0.05, 0.1) is 12.5 Å². The molecule has 0 heterocycles. The van der Waals surface area contributed by atoms with Crippen LogP contribution < -0.4 is 0 Å². The normalized spacial score (nSPS) is 10.1. The molecular formula is C14H8F3N. The Morgan fingerprint density at radius 3 is 2.22 bits per heavy atom. The van der Waals surface area contributed by atoms with Crippen LogP contribution in [0.4, 0.5) is 13.2 Å². The van der Waals surface area contributed by atoms with Gasteiger partial charge in [0, 0.05) is 11.6 Å². The van der Waals surface area contributed by atoms with Gasteiger partial charge in [-0.15, -0.1) is 0 Å². The molecule has 0 bridgehead atoms. The maximum atomic E-state index is 13.6. The van der Waals surface area contributed by atoms with E-state index in [9.17, 15) is 13.2 Å². The van der Waals surface area contributed by atoms with Crippen molar-refractivity contribution in [3.05, 3.63) is 59.4 Å². The largest absolute Gasteiger partial charge is 0.207 e. The van der Waals surface area contributed by atoms with E-state index in [-0.39, 0.29) is 17.5 Å². The van der Waals surface area contributed by atoms with Crippen LogP contribution in [-0.2, 0) is 6.42 Å². The molecule has 2 rings (SSSR count). The van der Waals surface area contributed by atoms with Gasteiger partial charge in [0.2, 0.25) is 0 Å². The molecule has 0 saturated heterocycles. The van der Waals surface area contributed by atoms with E-state index in [0.717, 1.165) is 18.2 Å². The highest BCUT2D eigenvalue weighted by atomic mass is 19.1. The number of halogens is 3. The Hall–Kier alpha value is -2.28. The Morgan fingerprint density at radius 1 is 0.944 bits per heavy atom. The summed E-state index contributed by atoms with van der Waals surface area (Å²) < 4.78 is 39.8. The van der Waals surface area contributed by atoms with Crippen molar-refractivity contribution in [3.8, 4) is 17.2 Å². The second-order valence-corrected chi connectivity index (χ2v) is 3.81. The van der Waals surface area contributed by atoms with Crippen LogP contribution in [0.1, 0.15) is 5.56 Å². The maximum absolute atomic E-state index is 13.6. The summed E-state index contributed by atoms with van der Waals surface area (Å²) in [4.78, 5) is 0. The fraction of sp³-hybridized carbons (Fsp3) is 0.0714. The van der Waals surface area contributed by atoms with Gasteiger partial charge in [-0.05, 0) is 35.4 Å².